The normalized spacial score (nSPS) is 13.4. The molecule has 6 nitrogen and oxygen atoms in total. The van der Waals surface area contributed by atoms with Crippen LogP contribution in [0.2, 0.25) is 0 Å². The molecule has 158 valence electrons. The molecule has 0 aliphatic carbocycles. The molecule has 2 N–H and O–H groups in total. The van der Waals surface area contributed by atoms with Crippen molar-refractivity contribution in [2.75, 3.05) is 0 Å². The number of benzene rings is 1. The maximum absolute atomic E-state index is 14.1. The predicted octanol–water partition coefficient (Wildman–Crippen LogP) is 4.03. The van der Waals surface area contributed by atoms with Gasteiger partial charge in [0.1, 0.15) is 22.8 Å². The van der Waals surface area contributed by atoms with Crippen LogP contribution in [0.4, 0.5) is 17.6 Å². The van der Waals surface area contributed by atoms with Crippen LogP contribution in [0.1, 0.15) is 25.0 Å². The van der Waals surface area contributed by atoms with Crippen LogP contribution in [0.25, 0.3) is 22.3 Å². The van der Waals surface area contributed by atoms with E-state index in [1.165, 1.54) is 12.1 Å². The third kappa shape index (κ3) is 4.01. The van der Waals surface area contributed by atoms with E-state index < -0.39 is 33.0 Å². The smallest absolute Gasteiger partial charge is 0.352 e. The Labute approximate surface area is 169 Å². The molecule has 0 amide bonds. The summed E-state index contributed by atoms with van der Waals surface area (Å²) in [6.45, 7) is 2.47. The first-order valence-corrected chi connectivity index (χ1v) is 10.3. The number of pyridine rings is 1. The Morgan fingerprint density at radius 2 is 2.00 bits per heavy atom. The molecule has 30 heavy (non-hydrogen) atoms. The molecule has 2 heterocycles. The molecule has 1 atom stereocenters. The molecule has 0 spiro atoms. The van der Waals surface area contributed by atoms with Gasteiger partial charge in [0.25, 0.3) is 0 Å². The van der Waals surface area contributed by atoms with Crippen molar-refractivity contribution in [2.24, 2.45) is 0 Å². The van der Waals surface area contributed by atoms with Crippen LogP contribution in [0.5, 0.6) is 0 Å². The molecule has 3 rings (SSSR count). The molecular formula is C19H16F4N4O2S. The number of hydrogen-bond donors (Lipinski definition) is 2. The molecule has 1 unspecified atom stereocenters. The third-order valence-corrected chi connectivity index (χ3v) is 6.11. The molecule has 0 radical (unpaired) electrons. The summed E-state index contributed by atoms with van der Waals surface area (Å²) in [5.74, 6) is -0.452. The fourth-order valence-electron chi connectivity index (χ4n) is 2.89. The number of aromatic nitrogens is 2. The van der Waals surface area contributed by atoms with E-state index in [1.807, 2.05) is 6.07 Å². The summed E-state index contributed by atoms with van der Waals surface area (Å²) in [7, 11) is -4.45. The van der Waals surface area contributed by atoms with E-state index in [1.54, 1.807) is 17.7 Å². The monoisotopic (exact) mass is 440 g/mol. The maximum Gasteiger partial charge on any atom is 0.404 e. The number of hydrogen-bond acceptors (Lipinski definition) is 4. The largest absolute Gasteiger partial charge is 0.404 e. The van der Waals surface area contributed by atoms with Gasteiger partial charge in [-0.05, 0) is 43.2 Å². The topological polar surface area (TPSA) is 98.6 Å². The van der Waals surface area contributed by atoms with E-state index in [0.717, 1.165) is 12.3 Å². The zero-order chi connectivity index (χ0) is 22.3. The van der Waals surface area contributed by atoms with Crippen molar-refractivity contribution < 1.29 is 26.0 Å². The molecule has 0 bridgehead atoms. The average molecular weight is 440 g/mol. The van der Waals surface area contributed by atoms with Crippen molar-refractivity contribution >= 4 is 20.9 Å². The molecule has 0 aliphatic rings. The number of aryl methyl sites for hydroxylation is 1. The van der Waals surface area contributed by atoms with Crippen LogP contribution < -0.4 is 4.72 Å². The lowest BCUT2D eigenvalue weighted by Gasteiger charge is -2.17. The highest BCUT2D eigenvalue weighted by Gasteiger charge is 2.39. The zero-order valence-electron chi connectivity index (χ0n) is 15.8. The van der Waals surface area contributed by atoms with E-state index in [9.17, 15) is 31.2 Å². The van der Waals surface area contributed by atoms with Crippen molar-refractivity contribution in [3.8, 4) is 17.5 Å². The standard InChI is InChI=1S/C19H16F4N4O2S/c1-3-11-6-17-13(7-15(11)20)14(8-24)18(26-17)16-5-4-12(9-25-16)30(28,29)27-10(2)19(21,22)23/h4-7,9-10,26-27H,3H2,1-2H3. The number of nitriles is 1. The van der Waals surface area contributed by atoms with E-state index in [4.69, 9.17) is 0 Å². The first-order valence-electron chi connectivity index (χ1n) is 8.77. The Morgan fingerprint density at radius 3 is 2.53 bits per heavy atom. The van der Waals surface area contributed by atoms with E-state index >= 15 is 0 Å². The van der Waals surface area contributed by atoms with Gasteiger partial charge in [0.2, 0.25) is 10.0 Å². The number of sulfonamides is 1. The van der Waals surface area contributed by atoms with Gasteiger partial charge < -0.3 is 4.98 Å². The number of nitrogens with zero attached hydrogens (tertiary/aromatic N) is 2. The summed E-state index contributed by atoms with van der Waals surface area (Å²) < 4.78 is 77.9. The SMILES string of the molecule is CCc1cc2[nH]c(-c3ccc(S(=O)(=O)NC(C)C(F)(F)F)cn3)c(C#N)c2cc1F. The molecule has 0 aliphatic heterocycles. The van der Waals surface area contributed by atoms with Gasteiger partial charge in [-0.2, -0.15) is 23.2 Å². The summed E-state index contributed by atoms with van der Waals surface area (Å²) >= 11 is 0. The van der Waals surface area contributed by atoms with Crippen LogP contribution in [-0.4, -0.2) is 30.6 Å². The second-order valence-corrected chi connectivity index (χ2v) is 8.31. The third-order valence-electron chi connectivity index (χ3n) is 4.58. The first kappa shape index (κ1) is 21.7. The Morgan fingerprint density at radius 1 is 1.30 bits per heavy atom. The molecule has 1 aromatic carbocycles. The Bertz CT molecular complexity index is 1240. The Balaban J connectivity index is 2.01. The predicted molar refractivity (Wildman–Crippen MR) is 101 cm³/mol. The Kier molecular flexibility index (Phi) is 5.58. The number of aromatic amines is 1. The zero-order valence-corrected chi connectivity index (χ0v) is 16.6. The number of rotatable bonds is 5. The van der Waals surface area contributed by atoms with E-state index in [0.29, 0.717) is 29.8 Å². The van der Waals surface area contributed by atoms with Gasteiger partial charge in [0, 0.05) is 17.1 Å². The molecule has 0 saturated carbocycles. The number of H-pyrrole nitrogens is 1. The minimum Gasteiger partial charge on any atom is -0.352 e. The quantitative estimate of drug-likeness (QED) is 0.585. The maximum atomic E-state index is 14.1. The lowest BCUT2D eigenvalue weighted by Crippen LogP contribution is -2.42. The minimum atomic E-state index is -4.74. The Hall–Kier alpha value is -2.97. The van der Waals surface area contributed by atoms with Crippen LogP contribution in [-0.2, 0) is 16.4 Å². The van der Waals surface area contributed by atoms with Crippen LogP contribution in [0.3, 0.4) is 0 Å². The van der Waals surface area contributed by atoms with Crippen molar-refractivity contribution in [2.45, 2.75) is 37.4 Å². The summed E-state index contributed by atoms with van der Waals surface area (Å²) in [6, 6.07) is 4.87. The molecule has 0 saturated heterocycles. The van der Waals surface area contributed by atoms with Crippen molar-refractivity contribution in [1.82, 2.24) is 14.7 Å². The fourth-order valence-corrected chi connectivity index (χ4v) is 4.07. The minimum absolute atomic E-state index is 0.124. The lowest BCUT2D eigenvalue weighted by atomic mass is 10.1. The van der Waals surface area contributed by atoms with E-state index in [-0.39, 0.29) is 17.0 Å². The molecule has 2 aromatic heterocycles. The summed E-state index contributed by atoms with van der Waals surface area (Å²) in [6.07, 6.45) is -3.39. The van der Waals surface area contributed by atoms with E-state index in [2.05, 4.69) is 9.97 Å². The molecule has 3 aromatic rings. The van der Waals surface area contributed by atoms with Crippen LogP contribution in [0, 0.1) is 17.1 Å². The summed E-state index contributed by atoms with van der Waals surface area (Å²) in [5, 5.41) is 9.86. The van der Waals surface area contributed by atoms with Crippen molar-refractivity contribution in [3.05, 3.63) is 47.4 Å². The first-order chi connectivity index (χ1) is 14.0. The molecule has 0 fully saturated rings. The fraction of sp³-hybridized carbons (Fsp3) is 0.263. The second kappa shape index (κ2) is 7.70. The number of halogens is 4. The number of nitrogens with one attached hydrogen (secondary N) is 2. The average Bonchev–Trinajstić information content (AvgIpc) is 3.03. The number of alkyl halides is 3. The van der Waals surface area contributed by atoms with Gasteiger partial charge in [-0.3, -0.25) is 4.98 Å². The van der Waals surface area contributed by atoms with Crippen LogP contribution in [0.15, 0.2) is 35.4 Å². The van der Waals surface area contributed by atoms with Crippen molar-refractivity contribution in [1.29, 1.82) is 5.26 Å². The lowest BCUT2D eigenvalue weighted by molar-refractivity contribution is -0.147. The van der Waals surface area contributed by atoms with Gasteiger partial charge in [-0.25, -0.2) is 12.8 Å². The summed E-state index contributed by atoms with van der Waals surface area (Å²) in [5.41, 5.74) is 1.53. The highest BCUT2D eigenvalue weighted by Crippen LogP contribution is 2.31. The van der Waals surface area contributed by atoms with Gasteiger partial charge in [-0.15, -0.1) is 0 Å². The van der Waals surface area contributed by atoms with Gasteiger partial charge in [0.15, 0.2) is 0 Å². The number of fused-ring (bicyclic) bond motifs is 1. The summed E-state index contributed by atoms with van der Waals surface area (Å²) in [4.78, 5) is 6.49. The van der Waals surface area contributed by atoms with Crippen molar-refractivity contribution in [3.63, 3.8) is 0 Å². The van der Waals surface area contributed by atoms with Crippen LogP contribution >= 0.6 is 0 Å². The second-order valence-electron chi connectivity index (χ2n) is 6.59. The van der Waals surface area contributed by atoms with Gasteiger partial charge in [-0.1, -0.05) is 6.92 Å². The molecular weight excluding hydrogens is 424 g/mol. The highest BCUT2D eigenvalue weighted by molar-refractivity contribution is 7.89. The van der Waals surface area contributed by atoms with Gasteiger partial charge >= 0.3 is 6.18 Å². The highest BCUT2D eigenvalue weighted by atomic mass is 32.2. The molecule has 11 heteroatoms. The van der Waals surface area contributed by atoms with Gasteiger partial charge in [0.05, 0.1) is 17.0 Å².